The van der Waals surface area contributed by atoms with E-state index in [0.29, 0.717) is 24.3 Å². The van der Waals surface area contributed by atoms with E-state index in [2.05, 4.69) is 5.32 Å². The molecule has 0 fully saturated rings. The third kappa shape index (κ3) is 5.90. The molecule has 1 rings (SSSR count). The highest BCUT2D eigenvalue weighted by Crippen LogP contribution is 2.11. The van der Waals surface area contributed by atoms with Gasteiger partial charge in [0.25, 0.3) is 5.91 Å². The van der Waals surface area contributed by atoms with Crippen LogP contribution in [0.1, 0.15) is 36.0 Å². The molecule has 0 aliphatic carbocycles. The van der Waals surface area contributed by atoms with Crippen LogP contribution in [0.15, 0.2) is 24.3 Å². The topological polar surface area (TPSA) is 78.5 Å². The molecule has 5 heteroatoms. The first kappa shape index (κ1) is 15.0. The molecule has 0 radical (unpaired) electrons. The lowest BCUT2D eigenvalue weighted by atomic mass is 10.2. The number of carboxylic acids is 1. The molecule has 0 aromatic heterocycles. The van der Waals surface area contributed by atoms with E-state index < -0.39 is 5.97 Å². The average molecular weight is 264 g/mol. The Kier molecular flexibility index (Phi) is 6.43. The van der Waals surface area contributed by atoms with Crippen LogP contribution in [-0.2, 0) is 4.79 Å². The average Bonchev–Trinajstić information content (AvgIpc) is 2.42. The largest absolute Gasteiger partial charge is 0.550 e. The monoisotopic (exact) mass is 264 g/mol. The fourth-order valence-electron chi connectivity index (χ4n) is 1.62. The quantitative estimate of drug-likeness (QED) is 0.702. The number of aliphatic carboxylic acids is 1. The zero-order valence-electron chi connectivity index (χ0n) is 11.0. The smallest absolute Gasteiger partial charge is 0.251 e. The number of carbonyl (C=O) groups excluding carboxylic acids is 2. The first-order valence-electron chi connectivity index (χ1n) is 6.25. The Hall–Kier alpha value is -2.04. The Morgan fingerprint density at radius 2 is 1.84 bits per heavy atom. The Balaban J connectivity index is 2.21. The molecule has 5 nitrogen and oxygen atoms in total. The van der Waals surface area contributed by atoms with Gasteiger partial charge in [-0.15, -0.1) is 0 Å². The number of rotatable bonds is 8. The number of methoxy groups -OCH3 is 1. The van der Waals surface area contributed by atoms with Gasteiger partial charge < -0.3 is 20.0 Å². The van der Waals surface area contributed by atoms with Gasteiger partial charge in [-0.2, -0.15) is 0 Å². The summed E-state index contributed by atoms with van der Waals surface area (Å²) in [6.07, 6.45) is 2.18. The molecule has 0 saturated carbocycles. The fraction of sp³-hybridized carbons (Fsp3) is 0.429. The molecule has 19 heavy (non-hydrogen) atoms. The number of hydrogen-bond acceptors (Lipinski definition) is 4. The predicted octanol–water partition coefficient (Wildman–Crippen LogP) is 0.735. The Labute approximate surface area is 112 Å². The summed E-state index contributed by atoms with van der Waals surface area (Å²) in [5.41, 5.74) is 0.579. The fourth-order valence-corrected chi connectivity index (χ4v) is 1.62. The maximum absolute atomic E-state index is 11.7. The lowest BCUT2D eigenvalue weighted by molar-refractivity contribution is -0.305. The van der Waals surface area contributed by atoms with Crippen molar-refractivity contribution >= 4 is 11.9 Å². The molecule has 0 spiro atoms. The van der Waals surface area contributed by atoms with E-state index in [9.17, 15) is 14.7 Å². The molecule has 0 aliphatic heterocycles. The molecule has 0 atom stereocenters. The molecule has 1 aromatic rings. The van der Waals surface area contributed by atoms with Crippen LogP contribution in [-0.4, -0.2) is 25.5 Å². The van der Waals surface area contributed by atoms with Crippen molar-refractivity contribution in [1.29, 1.82) is 0 Å². The van der Waals surface area contributed by atoms with Crippen LogP contribution >= 0.6 is 0 Å². The maximum atomic E-state index is 11.7. The maximum Gasteiger partial charge on any atom is 0.251 e. The number of carbonyl (C=O) groups is 2. The molecule has 0 unspecified atom stereocenters. The van der Waals surface area contributed by atoms with E-state index in [1.807, 2.05) is 0 Å². The van der Waals surface area contributed by atoms with Gasteiger partial charge in [0.2, 0.25) is 0 Å². The van der Waals surface area contributed by atoms with Gasteiger partial charge in [-0.3, -0.25) is 4.79 Å². The van der Waals surface area contributed by atoms with Gasteiger partial charge in [0, 0.05) is 18.1 Å². The van der Waals surface area contributed by atoms with Crippen molar-refractivity contribution in [2.45, 2.75) is 25.7 Å². The Morgan fingerprint density at radius 1 is 1.16 bits per heavy atom. The number of benzene rings is 1. The summed E-state index contributed by atoms with van der Waals surface area (Å²) in [6.45, 7) is 0.540. The molecule has 1 N–H and O–H groups in total. The lowest BCUT2D eigenvalue weighted by Gasteiger charge is -2.06. The van der Waals surface area contributed by atoms with Crippen LogP contribution < -0.4 is 15.2 Å². The molecular weight excluding hydrogens is 246 g/mol. The number of amides is 1. The molecule has 0 bridgehead atoms. The molecule has 0 saturated heterocycles. The van der Waals surface area contributed by atoms with Gasteiger partial charge in [-0.1, -0.05) is 6.42 Å². The van der Waals surface area contributed by atoms with Crippen molar-refractivity contribution in [1.82, 2.24) is 5.32 Å². The van der Waals surface area contributed by atoms with Gasteiger partial charge in [0.05, 0.1) is 7.11 Å². The normalized spacial score (nSPS) is 9.95. The number of ether oxygens (including phenoxy) is 1. The highest BCUT2D eigenvalue weighted by molar-refractivity contribution is 5.94. The summed E-state index contributed by atoms with van der Waals surface area (Å²) in [5, 5.41) is 13.0. The predicted molar refractivity (Wildman–Crippen MR) is 68.8 cm³/mol. The van der Waals surface area contributed by atoms with Gasteiger partial charge >= 0.3 is 0 Å². The van der Waals surface area contributed by atoms with Crippen molar-refractivity contribution in [3.63, 3.8) is 0 Å². The van der Waals surface area contributed by atoms with Crippen molar-refractivity contribution in [2.75, 3.05) is 13.7 Å². The molecular formula is C14H18NO4-. The van der Waals surface area contributed by atoms with Crippen LogP contribution in [0.5, 0.6) is 5.75 Å². The number of nitrogens with one attached hydrogen (secondary N) is 1. The second kappa shape index (κ2) is 8.13. The van der Waals surface area contributed by atoms with E-state index in [1.54, 1.807) is 31.4 Å². The minimum absolute atomic E-state index is 0.0758. The Morgan fingerprint density at radius 3 is 2.42 bits per heavy atom. The summed E-state index contributed by atoms with van der Waals surface area (Å²) in [4.78, 5) is 21.9. The highest BCUT2D eigenvalue weighted by atomic mass is 16.5. The highest BCUT2D eigenvalue weighted by Gasteiger charge is 2.04. The summed E-state index contributed by atoms with van der Waals surface area (Å²) >= 11 is 0. The third-order valence-electron chi connectivity index (χ3n) is 2.70. The first-order valence-corrected chi connectivity index (χ1v) is 6.25. The van der Waals surface area contributed by atoms with E-state index >= 15 is 0 Å². The Bertz CT molecular complexity index is 414. The second-order valence-corrected chi connectivity index (χ2v) is 4.17. The van der Waals surface area contributed by atoms with E-state index in [4.69, 9.17) is 4.74 Å². The zero-order chi connectivity index (χ0) is 14.1. The van der Waals surface area contributed by atoms with Gasteiger partial charge in [-0.05, 0) is 43.5 Å². The van der Waals surface area contributed by atoms with Crippen molar-refractivity contribution < 1.29 is 19.4 Å². The van der Waals surface area contributed by atoms with Crippen LogP contribution in [0, 0.1) is 0 Å². The molecule has 1 amide bonds. The van der Waals surface area contributed by atoms with Crippen LogP contribution in [0.25, 0.3) is 0 Å². The minimum Gasteiger partial charge on any atom is -0.550 e. The molecule has 0 heterocycles. The van der Waals surface area contributed by atoms with E-state index in [-0.39, 0.29) is 12.3 Å². The van der Waals surface area contributed by atoms with Gasteiger partial charge in [-0.25, -0.2) is 0 Å². The SMILES string of the molecule is COc1ccc(C(=O)NCCCCCC(=O)[O-])cc1. The summed E-state index contributed by atoms with van der Waals surface area (Å²) in [6, 6.07) is 6.86. The molecule has 1 aromatic carbocycles. The van der Waals surface area contributed by atoms with Crippen molar-refractivity contribution in [2.24, 2.45) is 0 Å². The number of hydrogen-bond donors (Lipinski definition) is 1. The van der Waals surface area contributed by atoms with Gasteiger partial charge in [0.1, 0.15) is 5.75 Å². The lowest BCUT2D eigenvalue weighted by Crippen LogP contribution is -2.24. The minimum atomic E-state index is -1.03. The summed E-state index contributed by atoms with van der Waals surface area (Å²) in [5.74, 6) is -0.455. The summed E-state index contributed by atoms with van der Waals surface area (Å²) < 4.78 is 5.01. The summed E-state index contributed by atoms with van der Waals surface area (Å²) in [7, 11) is 1.57. The van der Waals surface area contributed by atoms with Crippen LogP contribution in [0.3, 0.4) is 0 Å². The zero-order valence-corrected chi connectivity index (χ0v) is 11.0. The first-order chi connectivity index (χ1) is 9.13. The van der Waals surface area contributed by atoms with Crippen molar-refractivity contribution in [3.05, 3.63) is 29.8 Å². The second-order valence-electron chi connectivity index (χ2n) is 4.17. The van der Waals surface area contributed by atoms with E-state index in [1.165, 1.54) is 0 Å². The third-order valence-corrected chi connectivity index (χ3v) is 2.70. The van der Waals surface area contributed by atoms with Crippen LogP contribution in [0.4, 0.5) is 0 Å². The van der Waals surface area contributed by atoms with E-state index in [0.717, 1.165) is 12.8 Å². The number of carboxylic acid groups (broad SMARTS) is 1. The van der Waals surface area contributed by atoms with Gasteiger partial charge in [0.15, 0.2) is 0 Å². The standard InChI is InChI=1S/C14H19NO4/c1-19-12-8-6-11(7-9-12)14(18)15-10-4-2-3-5-13(16)17/h6-9H,2-5,10H2,1H3,(H,15,18)(H,16,17)/p-1. The molecule has 104 valence electrons. The van der Waals surface area contributed by atoms with Crippen molar-refractivity contribution in [3.8, 4) is 5.75 Å². The number of unbranched alkanes of at least 4 members (excludes halogenated alkanes) is 2. The van der Waals surface area contributed by atoms with Crippen LogP contribution in [0.2, 0.25) is 0 Å². The molecule has 0 aliphatic rings.